The lowest BCUT2D eigenvalue weighted by Gasteiger charge is -2.13. The van der Waals surface area contributed by atoms with E-state index in [0.29, 0.717) is 24.5 Å². The highest BCUT2D eigenvalue weighted by molar-refractivity contribution is 9.10. The zero-order valence-corrected chi connectivity index (χ0v) is 18.1. The quantitative estimate of drug-likeness (QED) is 0.611. The van der Waals surface area contributed by atoms with Gasteiger partial charge in [-0.2, -0.15) is 9.40 Å². The Bertz CT molecular complexity index is 1160. The number of hydrogen-bond acceptors (Lipinski definition) is 4. The monoisotopic (exact) mass is 477 g/mol. The Labute approximate surface area is 177 Å². The van der Waals surface area contributed by atoms with E-state index in [1.165, 1.54) is 21.1 Å². The molecule has 0 unspecified atom stereocenters. The Kier molecular flexibility index (Phi) is 5.32. The summed E-state index contributed by atoms with van der Waals surface area (Å²) in [7, 11) is -1.92. The number of carbonyl (C=O) groups excluding carboxylic acids is 1. The molecule has 0 aliphatic carbocycles. The van der Waals surface area contributed by atoms with E-state index >= 15 is 0 Å². The van der Waals surface area contributed by atoms with Crippen molar-refractivity contribution in [1.82, 2.24) is 18.7 Å². The molecule has 10 heteroatoms. The smallest absolute Gasteiger partial charge is 0.272 e. The first kappa shape index (κ1) is 19.9. The number of rotatable bonds is 5. The average Bonchev–Trinajstić information content (AvgIpc) is 3.43. The summed E-state index contributed by atoms with van der Waals surface area (Å²) in [6.07, 6.45) is 6.65. The Morgan fingerprint density at radius 2 is 1.90 bits per heavy atom. The van der Waals surface area contributed by atoms with Crippen LogP contribution in [0.1, 0.15) is 23.3 Å². The maximum absolute atomic E-state index is 12.9. The van der Waals surface area contributed by atoms with Crippen LogP contribution < -0.4 is 5.32 Å². The van der Waals surface area contributed by atoms with Crippen molar-refractivity contribution < 1.29 is 13.2 Å². The number of para-hydroxylation sites is 2. The molecule has 3 heterocycles. The van der Waals surface area contributed by atoms with Crippen LogP contribution in [0.15, 0.2) is 58.3 Å². The summed E-state index contributed by atoms with van der Waals surface area (Å²) >= 11 is 3.37. The van der Waals surface area contributed by atoms with Gasteiger partial charge in [0.05, 0.1) is 22.0 Å². The van der Waals surface area contributed by atoms with Crippen LogP contribution in [-0.2, 0) is 17.1 Å². The van der Waals surface area contributed by atoms with Gasteiger partial charge < -0.3 is 9.88 Å². The van der Waals surface area contributed by atoms with E-state index in [9.17, 15) is 13.2 Å². The fraction of sp³-hybridized carbons (Fsp3) is 0.263. The van der Waals surface area contributed by atoms with Gasteiger partial charge in [0.2, 0.25) is 10.0 Å². The second kappa shape index (κ2) is 7.77. The van der Waals surface area contributed by atoms with Gasteiger partial charge in [-0.15, -0.1) is 0 Å². The van der Waals surface area contributed by atoms with Gasteiger partial charge in [-0.05, 0) is 47.0 Å². The maximum atomic E-state index is 12.9. The average molecular weight is 478 g/mol. The molecule has 1 N–H and O–H groups in total. The lowest BCUT2D eigenvalue weighted by molar-refractivity contribution is 0.101. The van der Waals surface area contributed by atoms with Crippen LogP contribution in [0.25, 0.3) is 5.69 Å². The van der Waals surface area contributed by atoms with Crippen molar-refractivity contribution in [2.45, 2.75) is 17.7 Å². The van der Waals surface area contributed by atoms with Gasteiger partial charge in [-0.3, -0.25) is 4.79 Å². The molecule has 0 spiro atoms. The van der Waals surface area contributed by atoms with Crippen molar-refractivity contribution in [2.24, 2.45) is 7.05 Å². The van der Waals surface area contributed by atoms with E-state index in [1.807, 2.05) is 18.2 Å². The first-order valence-corrected chi connectivity index (χ1v) is 11.4. The van der Waals surface area contributed by atoms with E-state index in [4.69, 9.17) is 0 Å². The minimum Gasteiger partial charge on any atom is -0.345 e. The highest BCUT2D eigenvalue weighted by atomic mass is 79.9. The minimum atomic E-state index is -3.58. The Morgan fingerprint density at radius 1 is 1.17 bits per heavy atom. The van der Waals surface area contributed by atoms with E-state index in [0.717, 1.165) is 17.3 Å². The number of halogens is 1. The molecular formula is C19H20BrN5O3S. The first-order valence-electron chi connectivity index (χ1n) is 9.14. The minimum absolute atomic E-state index is 0.136. The SMILES string of the molecule is Cn1cc(S(=O)(=O)N2CCCC2)cc1C(=O)Nc1ccccc1-n1cc(Br)cn1. The molecule has 1 aliphatic heterocycles. The number of aromatic nitrogens is 3. The highest BCUT2D eigenvalue weighted by Crippen LogP contribution is 2.25. The molecule has 1 fully saturated rings. The van der Waals surface area contributed by atoms with Gasteiger partial charge in [0.15, 0.2) is 0 Å². The molecule has 1 aliphatic rings. The van der Waals surface area contributed by atoms with Crippen LogP contribution in [0.5, 0.6) is 0 Å². The van der Waals surface area contributed by atoms with E-state index in [2.05, 4.69) is 26.3 Å². The van der Waals surface area contributed by atoms with Crippen molar-refractivity contribution in [3.8, 4) is 5.69 Å². The third-order valence-electron chi connectivity index (χ3n) is 4.87. The predicted molar refractivity (Wildman–Crippen MR) is 113 cm³/mol. The summed E-state index contributed by atoms with van der Waals surface area (Å²) in [4.78, 5) is 13.0. The number of anilines is 1. The van der Waals surface area contributed by atoms with Crippen LogP contribution in [0.2, 0.25) is 0 Å². The lowest BCUT2D eigenvalue weighted by Crippen LogP contribution is -2.27. The van der Waals surface area contributed by atoms with Gasteiger partial charge in [0, 0.05) is 32.5 Å². The van der Waals surface area contributed by atoms with Crippen LogP contribution in [0.4, 0.5) is 5.69 Å². The number of sulfonamides is 1. The molecule has 0 bridgehead atoms. The fourth-order valence-electron chi connectivity index (χ4n) is 3.38. The summed E-state index contributed by atoms with van der Waals surface area (Å²) in [5.41, 5.74) is 1.53. The van der Waals surface area contributed by atoms with Crippen molar-refractivity contribution in [1.29, 1.82) is 0 Å². The van der Waals surface area contributed by atoms with Crippen molar-refractivity contribution in [2.75, 3.05) is 18.4 Å². The van der Waals surface area contributed by atoms with Crippen molar-refractivity contribution >= 4 is 37.5 Å². The van der Waals surface area contributed by atoms with E-state index in [1.54, 1.807) is 30.2 Å². The molecule has 8 nitrogen and oxygen atoms in total. The molecule has 4 rings (SSSR count). The number of benzene rings is 1. The Morgan fingerprint density at radius 3 is 2.59 bits per heavy atom. The van der Waals surface area contributed by atoms with Crippen LogP contribution in [0, 0.1) is 0 Å². The second-order valence-corrected chi connectivity index (χ2v) is 9.71. The molecule has 3 aromatic rings. The molecular weight excluding hydrogens is 458 g/mol. The zero-order valence-electron chi connectivity index (χ0n) is 15.7. The summed E-state index contributed by atoms with van der Waals surface area (Å²) in [6, 6.07) is 8.70. The van der Waals surface area contributed by atoms with Gasteiger partial charge in [-0.25, -0.2) is 13.1 Å². The molecule has 1 amide bonds. The summed E-state index contributed by atoms with van der Waals surface area (Å²) in [5, 5.41) is 7.12. The summed E-state index contributed by atoms with van der Waals surface area (Å²) < 4.78 is 31.0. The number of carbonyl (C=O) groups is 1. The zero-order chi connectivity index (χ0) is 20.6. The maximum Gasteiger partial charge on any atom is 0.272 e. The third kappa shape index (κ3) is 3.87. The number of nitrogens with one attached hydrogen (secondary N) is 1. The molecule has 0 saturated carbocycles. The standard InChI is InChI=1S/C19H20BrN5O3S/c1-23-13-15(29(27,28)24-8-4-5-9-24)10-18(23)19(26)22-16-6-2-3-7-17(16)25-12-14(20)11-21-25/h2-3,6-7,10-13H,4-5,8-9H2,1H3,(H,22,26). The van der Waals surface area contributed by atoms with Gasteiger partial charge in [-0.1, -0.05) is 12.1 Å². The number of nitrogens with zero attached hydrogens (tertiary/aromatic N) is 4. The van der Waals surface area contributed by atoms with E-state index in [-0.39, 0.29) is 10.6 Å². The molecule has 29 heavy (non-hydrogen) atoms. The van der Waals surface area contributed by atoms with Crippen molar-refractivity contribution in [3.63, 3.8) is 0 Å². The Balaban J connectivity index is 1.61. The van der Waals surface area contributed by atoms with Gasteiger partial charge in [0.25, 0.3) is 5.91 Å². The van der Waals surface area contributed by atoms with Crippen LogP contribution >= 0.6 is 15.9 Å². The fourth-order valence-corrected chi connectivity index (χ4v) is 5.25. The first-order chi connectivity index (χ1) is 13.9. The summed E-state index contributed by atoms with van der Waals surface area (Å²) in [5.74, 6) is -0.394. The molecule has 2 aromatic heterocycles. The predicted octanol–water partition coefficient (Wildman–Crippen LogP) is 3.01. The van der Waals surface area contributed by atoms with Crippen molar-refractivity contribution in [3.05, 3.63) is 59.1 Å². The molecule has 0 radical (unpaired) electrons. The number of aryl methyl sites for hydroxylation is 1. The second-order valence-electron chi connectivity index (χ2n) is 6.86. The summed E-state index contributed by atoms with van der Waals surface area (Å²) in [6.45, 7) is 1.04. The van der Waals surface area contributed by atoms with Gasteiger partial charge in [0.1, 0.15) is 10.6 Å². The van der Waals surface area contributed by atoms with E-state index < -0.39 is 15.9 Å². The third-order valence-corrected chi connectivity index (χ3v) is 7.14. The van der Waals surface area contributed by atoms with Crippen LogP contribution in [-0.4, -0.2) is 46.1 Å². The van der Waals surface area contributed by atoms with Gasteiger partial charge >= 0.3 is 0 Å². The highest BCUT2D eigenvalue weighted by Gasteiger charge is 2.29. The molecule has 152 valence electrons. The molecule has 1 aromatic carbocycles. The Hall–Kier alpha value is -2.43. The normalized spacial score (nSPS) is 15.0. The largest absolute Gasteiger partial charge is 0.345 e. The number of hydrogen-bond donors (Lipinski definition) is 1. The van der Waals surface area contributed by atoms with Crippen LogP contribution in [0.3, 0.4) is 0 Å². The molecule has 0 atom stereocenters. The lowest BCUT2D eigenvalue weighted by atomic mass is 10.2. The topological polar surface area (TPSA) is 89.2 Å². The number of amides is 1. The molecule has 1 saturated heterocycles.